The van der Waals surface area contributed by atoms with Crippen molar-refractivity contribution in [2.75, 3.05) is 6.54 Å². The van der Waals surface area contributed by atoms with Gasteiger partial charge in [0.15, 0.2) is 5.76 Å². The average molecular weight is 288 g/mol. The predicted molar refractivity (Wildman–Crippen MR) is 65.1 cm³/mol. The first-order valence-corrected chi connectivity index (χ1v) is 7.43. The van der Waals surface area contributed by atoms with Gasteiger partial charge >= 0.3 is 5.97 Å². The van der Waals surface area contributed by atoms with E-state index in [0.29, 0.717) is 12.8 Å². The van der Waals surface area contributed by atoms with Gasteiger partial charge in [-0.15, -0.1) is 0 Å². The molecule has 0 amide bonds. The number of sulfonamides is 1. The summed E-state index contributed by atoms with van der Waals surface area (Å²) in [5.41, 5.74) is -0.700. The molecular weight excluding hydrogens is 272 g/mol. The third kappa shape index (κ3) is 2.37. The molecule has 1 fully saturated rings. The second-order valence-electron chi connectivity index (χ2n) is 4.92. The van der Waals surface area contributed by atoms with Crippen LogP contribution in [0.15, 0.2) is 9.42 Å². The highest BCUT2D eigenvalue weighted by atomic mass is 32.2. The number of carbonyl (C=O) groups is 1. The van der Waals surface area contributed by atoms with Gasteiger partial charge in [0.25, 0.3) is 0 Å². The summed E-state index contributed by atoms with van der Waals surface area (Å²) < 4.78 is 31.5. The summed E-state index contributed by atoms with van der Waals surface area (Å²) >= 11 is 0. The maximum Gasteiger partial charge on any atom is 0.310 e. The molecule has 106 valence electrons. The third-order valence-corrected chi connectivity index (χ3v) is 5.25. The minimum Gasteiger partial charge on any atom is -0.481 e. The van der Waals surface area contributed by atoms with Crippen molar-refractivity contribution in [3.8, 4) is 0 Å². The average Bonchev–Trinajstić information content (AvgIpc) is 2.56. The lowest BCUT2D eigenvalue weighted by molar-refractivity contribution is -0.153. The Kier molecular flexibility index (Phi) is 3.40. The van der Waals surface area contributed by atoms with E-state index in [-0.39, 0.29) is 22.9 Å². The SMILES string of the molecule is Cc1noc(C)c1S(=O)(=O)NCC1(C(=O)O)CCC1. The number of nitrogens with zero attached hydrogens (tertiary/aromatic N) is 1. The number of rotatable bonds is 5. The van der Waals surface area contributed by atoms with E-state index in [9.17, 15) is 13.2 Å². The number of hydrogen-bond donors (Lipinski definition) is 2. The summed E-state index contributed by atoms with van der Waals surface area (Å²) in [6, 6.07) is 0. The van der Waals surface area contributed by atoms with Crippen LogP contribution in [0.3, 0.4) is 0 Å². The Labute approximate surface area is 111 Å². The molecule has 0 bridgehead atoms. The van der Waals surface area contributed by atoms with E-state index < -0.39 is 21.4 Å². The van der Waals surface area contributed by atoms with Crippen molar-refractivity contribution in [2.24, 2.45) is 5.41 Å². The summed E-state index contributed by atoms with van der Waals surface area (Å²) in [6.45, 7) is 2.93. The molecule has 0 radical (unpaired) electrons. The van der Waals surface area contributed by atoms with E-state index in [0.717, 1.165) is 6.42 Å². The van der Waals surface area contributed by atoms with Crippen LogP contribution in [0.25, 0.3) is 0 Å². The Bertz CT molecular complexity index is 581. The van der Waals surface area contributed by atoms with Crippen LogP contribution in [0.4, 0.5) is 0 Å². The molecule has 1 aromatic rings. The van der Waals surface area contributed by atoms with Crippen molar-refractivity contribution in [3.05, 3.63) is 11.5 Å². The van der Waals surface area contributed by atoms with Gasteiger partial charge in [0.1, 0.15) is 10.6 Å². The second-order valence-corrected chi connectivity index (χ2v) is 6.62. The minimum atomic E-state index is -3.79. The monoisotopic (exact) mass is 288 g/mol. The Morgan fingerprint density at radius 2 is 2.11 bits per heavy atom. The first kappa shape index (κ1) is 14.0. The molecule has 0 aromatic carbocycles. The lowest BCUT2D eigenvalue weighted by Gasteiger charge is -2.37. The van der Waals surface area contributed by atoms with Gasteiger partial charge in [0, 0.05) is 6.54 Å². The molecule has 0 aliphatic heterocycles. The van der Waals surface area contributed by atoms with Crippen LogP contribution >= 0.6 is 0 Å². The Balaban J connectivity index is 2.17. The third-order valence-electron chi connectivity index (χ3n) is 3.60. The van der Waals surface area contributed by atoms with Gasteiger partial charge in [-0.1, -0.05) is 11.6 Å². The molecule has 1 saturated carbocycles. The summed E-state index contributed by atoms with van der Waals surface area (Å²) in [4.78, 5) is 11.2. The normalized spacial score (nSPS) is 18.0. The van der Waals surface area contributed by atoms with E-state index in [1.807, 2.05) is 0 Å². The van der Waals surface area contributed by atoms with Gasteiger partial charge in [-0.3, -0.25) is 4.79 Å². The van der Waals surface area contributed by atoms with Gasteiger partial charge in [-0.2, -0.15) is 0 Å². The molecule has 1 heterocycles. The Morgan fingerprint density at radius 3 is 2.47 bits per heavy atom. The molecule has 19 heavy (non-hydrogen) atoms. The number of aryl methyl sites for hydroxylation is 2. The van der Waals surface area contributed by atoms with Gasteiger partial charge in [-0.05, 0) is 26.7 Å². The Morgan fingerprint density at radius 1 is 1.47 bits per heavy atom. The van der Waals surface area contributed by atoms with E-state index in [2.05, 4.69) is 9.88 Å². The molecule has 2 N–H and O–H groups in total. The molecule has 0 atom stereocenters. The molecule has 2 rings (SSSR count). The summed E-state index contributed by atoms with van der Waals surface area (Å²) in [5, 5.41) is 12.7. The van der Waals surface area contributed by atoms with E-state index in [1.165, 1.54) is 13.8 Å². The van der Waals surface area contributed by atoms with Crippen LogP contribution in [-0.2, 0) is 14.8 Å². The first-order chi connectivity index (χ1) is 8.78. The van der Waals surface area contributed by atoms with Crippen LogP contribution in [-0.4, -0.2) is 31.2 Å². The highest BCUT2D eigenvalue weighted by Gasteiger charge is 2.45. The zero-order chi connectivity index (χ0) is 14.3. The molecule has 0 unspecified atom stereocenters. The van der Waals surface area contributed by atoms with E-state index in [4.69, 9.17) is 9.63 Å². The lowest BCUT2D eigenvalue weighted by Crippen LogP contribution is -2.47. The van der Waals surface area contributed by atoms with Crippen LogP contribution in [0, 0.1) is 19.3 Å². The molecule has 0 spiro atoms. The zero-order valence-electron chi connectivity index (χ0n) is 10.8. The molecule has 0 saturated heterocycles. The number of aliphatic carboxylic acids is 1. The highest BCUT2D eigenvalue weighted by molar-refractivity contribution is 7.89. The summed E-state index contributed by atoms with van der Waals surface area (Å²) in [5.74, 6) is -0.761. The fraction of sp³-hybridized carbons (Fsp3) is 0.636. The van der Waals surface area contributed by atoms with Crippen molar-refractivity contribution >= 4 is 16.0 Å². The standard InChI is InChI=1S/C11H16N2O5S/c1-7-9(8(2)18-13-7)19(16,17)12-6-11(10(14)15)4-3-5-11/h12H,3-6H2,1-2H3,(H,14,15). The first-order valence-electron chi connectivity index (χ1n) is 5.94. The smallest absolute Gasteiger partial charge is 0.310 e. The molecule has 7 nitrogen and oxygen atoms in total. The number of aromatic nitrogens is 1. The lowest BCUT2D eigenvalue weighted by atomic mass is 9.69. The topological polar surface area (TPSA) is 110 Å². The molecule has 1 aliphatic carbocycles. The van der Waals surface area contributed by atoms with Gasteiger partial charge < -0.3 is 9.63 Å². The summed E-state index contributed by atoms with van der Waals surface area (Å²) in [7, 11) is -3.79. The van der Waals surface area contributed by atoms with Crippen molar-refractivity contribution in [1.29, 1.82) is 0 Å². The van der Waals surface area contributed by atoms with Gasteiger partial charge in [-0.25, -0.2) is 13.1 Å². The van der Waals surface area contributed by atoms with Crippen LogP contribution < -0.4 is 4.72 Å². The summed E-state index contributed by atoms with van der Waals surface area (Å²) in [6.07, 6.45) is 1.79. The van der Waals surface area contributed by atoms with Crippen LogP contribution in [0.1, 0.15) is 30.7 Å². The quantitative estimate of drug-likeness (QED) is 0.830. The maximum atomic E-state index is 12.1. The maximum absolute atomic E-state index is 12.1. The number of hydrogen-bond acceptors (Lipinski definition) is 5. The molecule has 1 aromatic heterocycles. The van der Waals surface area contributed by atoms with Crippen molar-refractivity contribution in [1.82, 2.24) is 9.88 Å². The second kappa shape index (κ2) is 4.61. The molecule has 1 aliphatic rings. The predicted octanol–water partition coefficient (Wildman–Crippen LogP) is 0.825. The molecular formula is C11H16N2O5S. The fourth-order valence-electron chi connectivity index (χ4n) is 2.23. The number of nitrogens with one attached hydrogen (secondary N) is 1. The van der Waals surface area contributed by atoms with Crippen LogP contribution in [0.2, 0.25) is 0 Å². The van der Waals surface area contributed by atoms with Crippen molar-refractivity contribution < 1.29 is 22.8 Å². The van der Waals surface area contributed by atoms with Crippen molar-refractivity contribution in [2.45, 2.75) is 38.0 Å². The minimum absolute atomic E-state index is 0.00707. The van der Waals surface area contributed by atoms with Gasteiger partial charge in [0.2, 0.25) is 10.0 Å². The zero-order valence-corrected chi connectivity index (χ0v) is 11.6. The van der Waals surface area contributed by atoms with E-state index >= 15 is 0 Å². The van der Waals surface area contributed by atoms with Gasteiger partial charge in [0.05, 0.1) is 5.41 Å². The molecule has 8 heteroatoms. The van der Waals surface area contributed by atoms with Crippen molar-refractivity contribution in [3.63, 3.8) is 0 Å². The number of carboxylic acid groups (broad SMARTS) is 1. The fourth-order valence-corrected chi connectivity index (χ4v) is 3.69. The largest absolute Gasteiger partial charge is 0.481 e. The Hall–Kier alpha value is -1.41. The number of carboxylic acids is 1. The van der Waals surface area contributed by atoms with Crippen LogP contribution in [0.5, 0.6) is 0 Å². The highest BCUT2D eigenvalue weighted by Crippen LogP contribution is 2.40. The van der Waals surface area contributed by atoms with E-state index in [1.54, 1.807) is 0 Å².